The third kappa shape index (κ3) is 6.23. The third-order valence-electron chi connectivity index (χ3n) is 8.10. The Morgan fingerprint density at radius 1 is 0.791 bits per heavy atom. The molecule has 0 aliphatic carbocycles. The summed E-state index contributed by atoms with van der Waals surface area (Å²) in [5.74, 6) is -2.27. The highest BCUT2D eigenvalue weighted by molar-refractivity contribution is 6.02. The predicted octanol–water partition coefficient (Wildman–Crippen LogP) is 2.58. The third-order valence-corrected chi connectivity index (χ3v) is 8.10. The minimum atomic E-state index is -0.933. The lowest BCUT2D eigenvalue weighted by atomic mass is 10.0. The van der Waals surface area contributed by atoms with Crippen LogP contribution in [0.4, 0.5) is 0 Å². The summed E-state index contributed by atoms with van der Waals surface area (Å²) in [7, 11) is 0. The van der Waals surface area contributed by atoms with Gasteiger partial charge in [0.15, 0.2) is 0 Å². The van der Waals surface area contributed by atoms with Crippen LogP contribution in [0, 0.1) is 13.8 Å². The highest BCUT2D eigenvalue weighted by Crippen LogP contribution is 2.27. The van der Waals surface area contributed by atoms with Crippen molar-refractivity contribution in [3.63, 3.8) is 0 Å². The zero-order valence-corrected chi connectivity index (χ0v) is 24.7. The van der Waals surface area contributed by atoms with Gasteiger partial charge in [-0.2, -0.15) is 0 Å². The van der Waals surface area contributed by atoms with E-state index in [-0.39, 0.29) is 43.5 Å². The highest BCUT2D eigenvalue weighted by atomic mass is 16.4. The molecular formula is C33H36N4O6. The lowest BCUT2D eigenvalue weighted by molar-refractivity contribution is -0.138. The van der Waals surface area contributed by atoms with Crippen molar-refractivity contribution in [1.82, 2.24) is 20.6 Å². The Morgan fingerprint density at radius 3 is 2.00 bits per heavy atom. The molecule has 10 nitrogen and oxygen atoms in total. The molecule has 0 bridgehead atoms. The molecule has 0 unspecified atom stereocenters. The summed E-state index contributed by atoms with van der Waals surface area (Å²) in [6.45, 7) is 14.9. The van der Waals surface area contributed by atoms with Crippen molar-refractivity contribution in [3.8, 4) is 0 Å². The van der Waals surface area contributed by atoms with Crippen LogP contribution in [0.5, 0.6) is 0 Å². The van der Waals surface area contributed by atoms with Crippen LogP contribution in [-0.4, -0.2) is 50.0 Å². The maximum atomic E-state index is 12.3. The van der Waals surface area contributed by atoms with Crippen molar-refractivity contribution in [3.05, 3.63) is 97.6 Å². The molecule has 0 saturated heterocycles. The number of hydrogen-bond donors (Lipinski definition) is 6. The Bertz CT molecular complexity index is 1790. The number of carbonyl (C=O) groups is 4. The van der Waals surface area contributed by atoms with Gasteiger partial charge < -0.3 is 30.8 Å². The van der Waals surface area contributed by atoms with E-state index in [0.29, 0.717) is 39.2 Å². The number of carbonyl (C=O) groups excluding carboxylic acids is 2. The molecule has 0 fully saturated rings. The maximum absolute atomic E-state index is 12.3. The normalized spacial score (nSPS) is 18.6. The Balaban J connectivity index is 1.90. The van der Waals surface area contributed by atoms with Gasteiger partial charge in [0.25, 0.3) is 11.8 Å². The fourth-order valence-corrected chi connectivity index (χ4v) is 5.56. The number of nitrogens with one attached hydrogen (secondary N) is 4. The molecular weight excluding hydrogens is 548 g/mol. The van der Waals surface area contributed by atoms with E-state index in [4.69, 9.17) is 0 Å². The van der Waals surface area contributed by atoms with Crippen LogP contribution in [0.1, 0.15) is 60.3 Å². The summed E-state index contributed by atoms with van der Waals surface area (Å²) in [4.78, 5) is 54.4. The largest absolute Gasteiger partial charge is 0.481 e. The van der Waals surface area contributed by atoms with Gasteiger partial charge in [-0.25, -0.2) is 0 Å². The molecule has 0 radical (unpaired) electrons. The van der Waals surface area contributed by atoms with Crippen molar-refractivity contribution in [2.75, 3.05) is 0 Å². The number of carboxylic acid groups (broad SMARTS) is 2. The molecule has 2 aliphatic heterocycles. The number of aromatic nitrogens is 2. The second kappa shape index (κ2) is 12.4. The SMILES string of the molecule is C=CC1=C(C)C(=O)NC1=Cc1[nH]c(C=c2[nH]c(=C[C@H]3NC(=O)C(C=C)=C3C)c(C)c2CCC(=O)O)c(CCC(=O)O)c1C. The first-order valence-corrected chi connectivity index (χ1v) is 13.9. The van der Waals surface area contributed by atoms with Gasteiger partial charge in [-0.05, 0) is 86.6 Å². The van der Waals surface area contributed by atoms with Gasteiger partial charge >= 0.3 is 11.9 Å². The van der Waals surface area contributed by atoms with E-state index in [1.165, 1.54) is 6.08 Å². The topological polar surface area (TPSA) is 164 Å². The second-order valence-electron chi connectivity index (χ2n) is 10.7. The average Bonchev–Trinajstić information content (AvgIpc) is 3.59. The molecule has 224 valence electrons. The molecule has 0 saturated carbocycles. The second-order valence-corrected chi connectivity index (χ2v) is 10.7. The van der Waals surface area contributed by atoms with Crippen molar-refractivity contribution >= 4 is 42.0 Å². The fraction of sp³-hybridized carbons (Fsp3) is 0.273. The summed E-state index contributed by atoms with van der Waals surface area (Å²) >= 11 is 0. The summed E-state index contributed by atoms with van der Waals surface area (Å²) in [5.41, 5.74) is 7.84. The van der Waals surface area contributed by atoms with Gasteiger partial charge in [-0.1, -0.05) is 25.3 Å². The molecule has 2 aromatic heterocycles. The highest BCUT2D eigenvalue weighted by Gasteiger charge is 2.26. The van der Waals surface area contributed by atoms with Crippen LogP contribution in [0.3, 0.4) is 0 Å². The molecule has 10 heteroatoms. The number of H-pyrrole nitrogens is 2. The van der Waals surface area contributed by atoms with Crippen LogP contribution in [0.15, 0.2) is 53.3 Å². The zero-order chi connectivity index (χ0) is 31.6. The van der Waals surface area contributed by atoms with E-state index < -0.39 is 11.9 Å². The Kier molecular flexibility index (Phi) is 8.89. The van der Waals surface area contributed by atoms with E-state index in [0.717, 1.165) is 33.2 Å². The Labute approximate surface area is 249 Å². The van der Waals surface area contributed by atoms with Gasteiger partial charge in [0.05, 0.1) is 11.7 Å². The quantitative estimate of drug-likeness (QED) is 0.238. The summed E-state index contributed by atoms with van der Waals surface area (Å²) < 4.78 is 0. The molecule has 2 amide bonds. The number of carboxylic acids is 2. The number of rotatable bonds is 11. The van der Waals surface area contributed by atoms with Crippen LogP contribution in [0.2, 0.25) is 0 Å². The van der Waals surface area contributed by atoms with Crippen LogP contribution >= 0.6 is 0 Å². The van der Waals surface area contributed by atoms with Crippen LogP contribution < -0.4 is 21.3 Å². The number of aromatic amines is 2. The summed E-state index contributed by atoms with van der Waals surface area (Å²) in [5, 5.41) is 26.0. The van der Waals surface area contributed by atoms with E-state index in [1.807, 2.05) is 39.0 Å². The molecule has 0 spiro atoms. The molecule has 0 aromatic carbocycles. The van der Waals surface area contributed by atoms with Gasteiger partial charge in [-0.15, -0.1) is 0 Å². The number of hydrogen-bond acceptors (Lipinski definition) is 4. The van der Waals surface area contributed by atoms with Crippen molar-refractivity contribution in [1.29, 1.82) is 0 Å². The molecule has 4 heterocycles. The monoisotopic (exact) mass is 584 g/mol. The van der Waals surface area contributed by atoms with Gasteiger partial charge in [0.2, 0.25) is 0 Å². The first-order chi connectivity index (χ1) is 20.4. The lowest BCUT2D eigenvalue weighted by Crippen LogP contribution is -2.29. The van der Waals surface area contributed by atoms with E-state index in [9.17, 15) is 29.4 Å². The molecule has 2 aromatic rings. The van der Waals surface area contributed by atoms with Gasteiger partial charge in [-0.3, -0.25) is 19.2 Å². The van der Waals surface area contributed by atoms with Crippen LogP contribution in [0.25, 0.3) is 18.2 Å². The summed E-state index contributed by atoms with van der Waals surface area (Å²) in [6, 6.07) is -0.354. The number of aliphatic carboxylic acids is 2. The Morgan fingerprint density at radius 2 is 1.42 bits per heavy atom. The first-order valence-electron chi connectivity index (χ1n) is 13.9. The zero-order valence-electron chi connectivity index (χ0n) is 24.7. The number of amides is 2. The van der Waals surface area contributed by atoms with Crippen molar-refractivity contribution < 1.29 is 29.4 Å². The standard InChI is InChI=1S/C33H36N4O6/c1-7-20-19(6)32(42)37-27(20)14-25-18(5)23(10-12-31(40)41)29(35-25)15-28-22(9-11-30(38)39)17(4)24(34-28)13-26-16(3)21(8-2)33(43)36-26/h7-8,13-15,26,34-35H,1-2,9-12H2,3-6H3,(H,36,43)(H,37,42)(H,38,39)(H,40,41)/t26-/m1/s1. The minimum Gasteiger partial charge on any atom is -0.481 e. The van der Waals surface area contributed by atoms with Gasteiger partial charge in [0, 0.05) is 51.6 Å². The molecule has 43 heavy (non-hydrogen) atoms. The average molecular weight is 585 g/mol. The first kappa shape index (κ1) is 30.8. The summed E-state index contributed by atoms with van der Waals surface area (Å²) in [6.07, 6.45) is 9.07. The predicted molar refractivity (Wildman–Crippen MR) is 164 cm³/mol. The molecule has 2 aliphatic rings. The van der Waals surface area contributed by atoms with Crippen LogP contribution in [-0.2, 0) is 32.0 Å². The maximum Gasteiger partial charge on any atom is 0.303 e. The smallest absolute Gasteiger partial charge is 0.303 e. The number of allylic oxidation sites excluding steroid dienone is 1. The molecule has 1 atom stereocenters. The fourth-order valence-electron chi connectivity index (χ4n) is 5.56. The lowest BCUT2D eigenvalue weighted by Gasteiger charge is -2.06. The molecule has 6 N–H and O–H groups in total. The van der Waals surface area contributed by atoms with E-state index >= 15 is 0 Å². The van der Waals surface area contributed by atoms with E-state index in [2.05, 4.69) is 33.8 Å². The van der Waals surface area contributed by atoms with Gasteiger partial charge in [0.1, 0.15) is 0 Å². The minimum absolute atomic E-state index is 0.0820. The van der Waals surface area contributed by atoms with Crippen molar-refractivity contribution in [2.45, 2.75) is 59.4 Å². The molecule has 4 rings (SSSR count). The Hall–Kier alpha value is -5.12. The van der Waals surface area contributed by atoms with E-state index in [1.54, 1.807) is 13.0 Å². The van der Waals surface area contributed by atoms with Crippen molar-refractivity contribution in [2.24, 2.45) is 0 Å².